The number of carbonyl (C=O) groups excluding carboxylic acids is 2. The highest BCUT2D eigenvalue weighted by atomic mass is 19.1. The van der Waals surface area contributed by atoms with Gasteiger partial charge in [-0.2, -0.15) is 0 Å². The number of hydrogen-bond donors (Lipinski definition) is 2. The summed E-state index contributed by atoms with van der Waals surface area (Å²) in [5.41, 5.74) is 2.33. The van der Waals surface area contributed by atoms with E-state index < -0.39 is 5.82 Å². The molecule has 0 saturated carbocycles. The molecule has 0 spiro atoms. The van der Waals surface area contributed by atoms with Crippen molar-refractivity contribution >= 4 is 11.8 Å². The third-order valence-electron chi connectivity index (χ3n) is 3.73. The lowest BCUT2D eigenvalue weighted by atomic mass is 10.1. The molecule has 5 nitrogen and oxygen atoms in total. The molecular formula is C19H21FN2O3. The molecule has 132 valence electrons. The summed E-state index contributed by atoms with van der Waals surface area (Å²) in [5.74, 6) is -0.458. The Labute approximate surface area is 146 Å². The molecule has 0 fully saturated rings. The number of hydrogen-bond acceptors (Lipinski definition) is 3. The fraction of sp³-hybridized carbons (Fsp3) is 0.263. The Morgan fingerprint density at radius 3 is 2.52 bits per heavy atom. The molecule has 25 heavy (non-hydrogen) atoms. The summed E-state index contributed by atoms with van der Waals surface area (Å²) in [7, 11) is 0. The fourth-order valence-corrected chi connectivity index (χ4v) is 2.18. The van der Waals surface area contributed by atoms with Crippen molar-refractivity contribution in [3.63, 3.8) is 0 Å². The van der Waals surface area contributed by atoms with Crippen LogP contribution in [-0.2, 0) is 4.79 Å². The van der Waals surface area contributed by atoms with Gasteiger partial charge >= 0.3 is 0 Å². The predicted octanol–water partition coefficient (Wildman–Crippen LogP) is 2.37. The van der Waals surface area contributed by atoms with Crippen molar-refractivity contribution in [1.29, 1.82) is 0 Å². The zero-order chi connectivity index (χ0) is 18.2. The van der Waals surface area contributed by atoms with Crippen LogP contribution in [-0.4, -0.2) is 31.5 Å². The van der Waals surface area contributed by atoms with Crippen LogP contribution in [0.2, 0.25) is 0 Å². The number of nitrogens with one attached hydrogen (secondary N) is 2. The van der Waals surface area contributed by atoms with E-state index in [1.165, 1.54) is 18.2 Å². The van der Waals surface area contributed by atoms with Crippen LogP contribution in [0.1, 0.15) is 21.5 Å². The molecule has 0 radical (unpaired) electrons. The normalized spacial score (nSPS) is 10.2. The largest absolute Gasteiger partial charge is 0.483 e. The molecule has 0 aliphatic rings. The van der Waals surface area contributed by atoms with E-state index in [9.17, 15) is 14.0 Å². The van der Waals surface area contributed by atoms with Crippen molar-refractivity contribution in [2.24, 2.45) is 0 Å². The third-order valence-corrected chi connectivity index (χ3v) is 3.73. The van der Waals surface area contributed by atoms with E-state index in [0.29, 0.717) is 5.75 Å². The Kier molecular flexibility index (Phi) is 6.51. The number of aryl methyl sites for hydroxylation is 1. The molecule has 6 heteroatoms. The van der Waals surface area contributed by atoms with E-state index in [-0.39, 0.29) is 37.1 Å². The smallest absolute Gasteiger partial charge is 0.258 e. The van der Waals surface area contributed by atoms with Crippen LogP contribution in [0.5, 0.6) is 5.75 Å². The van der Waals surface area contributed by atoms with E-state index >= 15 is 0 Å². The van der Waals surface area contributed by atoms with E-state index in [2.05, 4.69) is 10.6 Å². The fourth-order valence-electron chi connectivity index (χ4n) is 2.18. The van der Waals surface area contributed by atoms with Crippen LogP contribution in [0, 0.1) is 19.7 Å². The number of ether oxygens (including phenoxy) is 1. The molecule has 2 amide bonds. The maximum atomic E-state index is 13.0. The SMILES string of the molecule is Cc1cccc(OCC(=O)NCCNC(=O)c2cccc(F)c2)c1C. The van der Waals surface area contributed by atoms with Gasteiger partial charge in [0.25, 0.3) is 11.8 Å². The second-order valence-corrected chi connectivity index (χ2v) is 5.60. The summed E-state index contributed by atoms with van der Waals surface area (Å²) in [6.45, 7) is 4.32. The first-order chi connectivity index (χ1) is 12.0. The Balaban J connectivity index is 1.68. The first kappa shape index (κ1) is 18.4. The highest BCUT2D eigenvalue weighted by Crippen LogP contribution is 2.20. The van der Waals surface area contributed by atoms with E-state index in [4.69, 9.17) is 4.74 Å². The molecule has 0 saturated heterocycles. The summed E-state index contributed by atoms with van der Waals surface area (Å²) >= 11 is 0. The molecule has 0 bridgehead atoms. The molecule has 2 rings (SSSR count). The van der Waals surface area contributed by atoms with Gasteiger partial charge in [-0.25, -0.2) is 4.39 Å². The molecule has 0 aliphatic heterocycles. The Hall–Kier alpha value is -2.89. The molecule has 2 aromatic carbocycles. The summed E-state index contributed by atoms with van der Waals surface area (Å²) < 4.78 is 18.5. The van der Waals surface area contributed by atoms with Gasteiger partial charge in [0.05, 0.1) is 0 Å². The number of halogens is 1. The van der Waals surface area contributed by atoms with Crippen LogP contribution in [0.25, 0.3) is 0 Å². The highest BCUT2D eigenvalue weighted by molar-refractivity contribution is 5.94. The van der Waals surface area contributed by atoms with Crippen molar-refractivity contribution in [1.82, 2.24) is 10.6 Å². The lowest BCUT2D eigenvalue weighted by molar-refractivity contribution is -0.123. The minimum absolute atomic E-state index is 0.0951. The molecule has 0 aromatic heterocycles. The Morgan fingerprint density at radius 1 is 1.04 bits per heavy atom. The third kappa shape index (κ3) is 5.60. The first-order valence-corrected chi connectivity index (χ1v) is 7.97. The standard InChI is InChI=1S/C19H21FN2O3/c1-13-5-3-8-17(14(13)2)25-12-18(23)21-9-10-22-19(24)15-6-4-7-16(20)11-15/h3-8,11H,9-10,12H2,1-2H3,(H,21,23)(H,22,24). The topological polar surface area (TPSA) is 67.4 Å². The van der Waals surface area contributed by atoms with Gasteiger partial charge in [-0.05, 0) is 49.2 Å². The van der Waals surface area contributed by atoms with Crippen LogP contribution < -0.4 is 15.4 Å². The molecule has 0 aliphatic carbocycles. The molecule has 2 N–H and O–H groups in total. The average molecular weight is 344 g/mol. The highest BCUT2D eigenvalue weighted by Gasteiger charge is 2.07. The second-order valence-electron chi connectivity index (χ2n) is 5.60. The minimum Gasteiger partial charge on any atom is -0.483 e. The van der Waals surface area contributed by atoms with Gasteiger partial charge in [-0.15, -0.1) is 0 Å². The molecule has 0 unspecified atom stereocenters. The van der Waals surface area contributed by atoms with Crippen LogP contribution in [0.4, 0.5) is 4.39 Å². The quantitative estimate of drug-likeness (QED) is 0.758. The maximum absolute atomic E-state index is 13.0. The number of carbonyl (C=O) groups is 2. The van der Waals surface area contributed by atoms with Gasteiger partial charge in [0.15, 0.2) is 6.61 Å². The lowest BCUT2D eigenvalue weighted by Crippen LogP contribution is -2.36. The number of benzene rings is 2. The van der Waals surface area contributed by atoms with Gasteiger partial charge in [-0.3, -0.25) is 9.59 Å². The van der Waals surface area contributed by atoms with E-state index in [0.717, 1.165) is 17.2 Å². The van der Waals surface area contributed by atoms with Crippen LogP contribution in [0.15, 0.2) is 42.5 Å². The van der Waals surface area contributed by atoms with Crippen molar-refractivity contribution in [3.05, 3.63) is 65.0 Å². The zero-order valence-corrected chi connectivity index (χ0v) is 14.3. The first-order valence-electron chi connectivity index (χ1n) is 7.97. The Morgan fingerprint density at radius 2 is 1.76 bits per heavy atom. The van der Waals surface area contributed by atoms with E-state index in [1.54, 1.807) is 0 Å². The second kappa shape index (κ2) is 8.82. The number of rotatable bonds is 7. The van der Waals surface area contributed by atoms with Gasteiger partial charge in [0, 0.05) is 18.7 Å². The van der Waals surface area contributed by atoms with Gasteiger partial charge in [0.1, 0.15) is 11.6 Å². The monoisotopic (exact) mass is 344 g/mol. The molecule has 0 atom stereocenters. The number of amides is 2. The Bertz CT molecular complexity index is 762. The van der Waals surface area contributed by atoms with Gasteiger partial charge < -0.3 is 15.4 Å². The van der Waals surface area contributed by atoms with Crippen molar-refractivity contribution < 1.29 is 18.7 Å². The summed E-state index contributed by atoms with van der Waals surface area (Å²) in [4.78, 5) is 23.6. The predicted molar refractivity (Wildman–Crippen MR) is 93.2 cm³/mol. The van der Waals surface area contributed by atoms with Crippen LogP contribution in [0.3, 0.4) is 0 Å². The zero-order valence-electron chi connectivity index (χ0n) is 14.3. The van der Waals surface area contributed by atoms with Crippen molar-refractivity contribution in [2.45, 2.75) is 13.8 Å². The van der Waals surface area contributed by atoms with Gasteiger partial charge in [-0.1, -0.05) is 18.2 Å². The maximum Gasteiger partial charge on any atom is 0.258 e. The lowest BCUT2D eigenvalue weighted by Gasteiger charge is -2.11. The van der Waals surface area contributed by atoms with Crippen molar-refractivity contribution in [2.75, 3.05) is 19.7 Å². The molecule has 2 aromatic rings. The average Bonchev–Trinajstić information content (AvgIpc) is 2.59. The van der Waals surface area contributed by atoms with Gasteiger partial charge in [0.2, 0.25) is 0 Å². The van der Waals surface area contributed by atoms with Crippen molar-refractivity contribution in [3.8, 4) is 5.75 Å². The summed E-state index contributed by atoms with van der Waals surface area (Å²) in [6, 6.07) is 11.1. The van der Waals surface area contributed by atoms with Crippen LogP contribution >= 0.6 is 0 Å². The van der Waals surface area contributed by atoms with E-state index in [1.807, 2.05) is 32.0 Å². The molecular weight excluding hydrogens is 323 g/mol. The minimum atomic E-state index is -0.468. The molecule has 0 heterocycles. The summed E-state index contributed by atoms with van der Waals surface area (Å²) in [6.07, 6.45) is 0. The summed E-state index contributed by atoms with van der Waals surface area (Å²) in [5, 5.41) is 5.26.